The second kappa shape index (κ2) is 13.6. The Hall–Kier alpha value is -3.36. The maximum absolute atomic E-state index is 13.9. The van der Waals surface area contributed by atoms with Gasteiger partial charge in [0, 0.05) is 18.1 Å². The quantitative estimate of drug-likeness (QED) is 0.330. The highest BCUT2D eigenvalue weighted by Gasteiger charge is 2.32. The fourth-order valence-corrected chi connectivity index (χ4v) is 5.60. The summed E-state index contributed by atoms with van der Waals surface area (Å²) in [4.78, 5) is 28.3. The van der Waals surface area contributed by atoms with E-state index in [1.807, 2.05) is 57.2 Å². The van der Waals surface area contributed by atoms with Gasteiger partial charge < -0.3 is 10.2 Å². The molecule has 0 spiro atoms. The van der Waals surface area contributed by atoms with Crippen molar-refractivity contribution in [3.63, 3.8) is 0 Å². The van der Waals surface area contributed by atoms with Crippen LogP contribution in [0.5, 0.6) is 0 Å². The highest BCUT2D eigenvalue weighted by molar-refractivity contribution is 7.92. The lowest BCUT2D eigenvalue weighted by Gasteiger charge is -2.32. The first kappa shape index (κ1) is 30.2. The van der Waals surface area contributed by atoms with Crippen LogP contribution in [-0.4, -0.2) is 50.8 Å². The van der Waals surface area contributed by atoms with Gasteiger partial charge in [0.1, 0.15) is 12.6 Å². The van der Waals surface area contributed by atoms with Gasteiger partial charge in [0.2, 0.25) is 11.8 Å². The summed E-state index contributed by atoms with van der Waals surface area (Å²) in [6.45, 7) is 7.77. The molecule has 7 nitrogen and oxygen atoms in total. The zero-order chi connectivity index (χ0) is 28.6. The summed E-state index contributed by atoms with van der Waals surface area (Å²) in [5, 5.41) is 3.30. The molecule has 0 aliphatic heterocycles. The van der Waals surface area contributed by atoms with Gasteiger partial charge in [0.25, 0.3) is 10.0 Å². The molecule has 2 amide bonds. The molecule has 0 saturated carbocycles. The lowest BCUT2D eigenvalue weighted by molar-refractivity contribution is -0.138. The number of carbonyl (C=O) groups is 2. The van der Waals surface area contributed by atoms with Gasteiger partial charge in [-0.25, -0.2) is 8.42 Å². The standard InChI is InChI=1S/C30H36ClN3O4S/c1-22(2)20-32-30(36)24(4)33(18-17-25-10-6-5-7-11-25)29(35)21-34(27-12-8-9-23(3)19-27)39(37,38)28-15-13-26(31)14-16-28/h5-16,19,22,24H,17-18,20-21H2,1-4H3,(H,32,36)/t24-/m1/s1. The number of nitrogens with one attached hydrogen (secondary N) is 1. The SMILES string of the molecule is Cc1cccc(N(CC(=O)N(CCc2ccccc2)[C@H](C)C(=O)NCC(C)C)S(=O)(=O)c2ccc(Cl)cc2)c1. The molecule has 0 aromatic heterocycles. The predicted octanol–water partition coefficient (Wildman–Crippen LogP) is 5.08. The molecule has 3 aromatic carbocycles. The van der Waals surface area contributed by atoms with E-state index in [1.165, 1.54) is 29.2 Å². The van der Waals surface area contributed by atoms with Gasteiger partial charge in [-0.15, -0.1) is 0 Å². The summed E-state index contributed by atoms with van der Waals surface area (Å²) in [6.07, 6.45) is 0.517. The number of aryl methyl sites for hydroxylation is 1. The maximum Gasteiger partial charge on any atom is 0.264 e. The average Bonchev–Trinajstić information content (AvgIpc) is 2.91. The summed E-state index contributed by atoms with van der Waals surface area (Å²) in [6, 6.07) is 21.7. The zero-order valence-electron chi connectivity index (χ0n) is 22.8. The number of anilines is 1. The van der Waals surface area contributed by atoms with Crippen molar-refractivity contribution in [2.75, 3.05) is 23.9 Å². The Morgan fingerprint density at radius 2 is 1.59 bits per heavy atom. The van der Waals surface area contributed by atoms with Crippen LogP contribution in [-0.2, 0) is 26.0 Å². The van der Waals surface area contributed by atoms with Gasteiger partial charge >= 0.3 is 0 Å². The number of hydrogen-bond acceptors (Lipinski definition) is 4. The van der Waals surface area contributed by atoms with Crippen LogP contribution < -0.4 is 9.62 Å². The third-order valence-electron chi connectivity index (χ3n) is 6.31. The summed E-state index contributed by atoms with van der Waals surface area (Å²) >= 11 is 5.99. The second-order valence-corrected chi connectivity index (χ2v) is 12.2. The van der Waals surface area contributed by atoms with Crippen molar-refractivity contribution in [3.05, 3.63) is 95.0 Å². The molecule has 0 saturated heterocycles. The number of carbonyl (C=O) groups excluding carboxylic acids is 2. The molecule has 0 radical (unpaired) electrons. The average molecular weight is 570 g/mol. The largest absolute Gasteiger partial charge is 0.354 e. The molecule has 1 atom stereocenters. The number of nitrogens with zero attached hydrogens (tertiary/aromatic N) is 2. The van der Waals surface area contributed by atoms with E-state index < -0.39 is 28.5 Å². The first-order chi connectivity index (χ1) is 18.5. The van der Waals surface area contributed by atoms with Crippen LogP contribution >= 0.6 is 11.6 Å². The fraction of sp³-hybridized carbons (Fsp3) is 0.333. The topological polar surface area (TPSA) is 86.8 Å². The first-order valence-corrected chi connectivity index (χ1v) is 14.8. The van der Waals surface area contributed by atoms with E-state index in [-0.39, 0.29) is 23.3 Å². The van der Waals surface area contributed by atoms with Gasteiger partial charge in [-0.3, -0.25) is 13.9 Å². The molecule has 1 N–H and O–H groups in total. The maximum atomic E-state index is 13.9. The van der Waals surface area contributed by atoms with Crippen molar-refractivity contribution >= 4 is 39.1 Å². The van der Waals surface area contributed by atoms with E-state index in [9.17, 15) is 18.0 Å². The lowest BCUT2D eigenvalue weighted by Crippen LogP contribution is -2.52. The van der Waals surface area contributed by atoms with Crippen LogP contribution in [0.3, 0.4) is 0 Å². The van der Waals surface area contributed by atoms with Crippen LogP contribution in [0.15, 0.2) is 83.8 Å². The van der Waals surface area contributed by atoms with Crippen LogP contribution in [0.1, 0.15) is 31.9 Å². The second-order valence-electron chi connectivity index (χ2n) is 9.94. The molecule has 0 unspecified atom stereocenters. The highest BCUT2D eigenvalue weighted by atomic mass is 35.5. The van der Waals surface area contributed by atoms with Crippen LogP contribution in [0.2, 0.25) is 5.02 Å². The molecule has 3 rings (SSSR count). The Morgan fingerprint density at radius 1 is 0.923 bits per heavy atom. The molecule has 39 heavy (non-hydrogen) atoms. The number of hydrogen-bond donors (Lipinski definition) is 1. The minimum absolute atomic E-state index is 0.0137. The Morgan fingerprint density at radius 3 is 2.21 bits per heavy atom. The fourth-order valence-electron chi connectivity index (χ4n) is 4.07. The van der Waals surface area contributed by atoms with Gasteiger partial charge in [-0.05, 0) is 73.7 Å². The van der Waals surface area contributed by atoms with E-state index in [2.05, 4.69) is 5.32 Å². The minimum Gasteiger partial charge on any atom is -0.354 e. The van der Waals surface area contributed by atoms with Crippen molar-refractivity contribution in [3.8, 4) is 0 Å². The molecule has 9 heteroatoms. The molecule has 0 aliphatic rings. The zero-order valence-corrected chi connectivity index (χ0v) is 24.4. The smallest absolute Gasteiger partial charge is 0.264 e. The van der Waals surface area contributed by atoms with Crippen LogP contribution in [0.4, 0.5) is 5.69 Å². The molecule has 3 aromatic rings. The lowest BCUT2D eigenvalue weighted by atomic mass is 10.1. The van der Waals surface area contributed by atoms with Gasteiger partial charge in [-0.2, -0.15) is 0 Å². The van der Waals surface area contributed by atoms with E-state index in [0.29, 0.717) is 23.7 Å². The van der Waals surface area contributed by atoms with Crippen molar-refractivity contribution < 1.29 is 18.0 Å². The summed E-state index contributed by atoms with van der Waals surface area (Å²) in [5.41, 5.74) is 2.21. The molecule has 0 heterocycles. The van der Waals surface area contributed by atoms with E-state index in [4.69, 9.17) is 11.6 Å². The third kappa shape index (κ3) is 8.31. The summed E-state index contributed by atoms with van der Waals surface area (Å²) in [5.74, 6) is -0.513. The molecule has 0 aliphatic carbocycles. The number of halogens is 1. The minimum atomic E-state index is -4.12. The highest BCUT2D eigenvalue weighted by Crippen LogP contribution is 2.26. The molecular formula is C30H36ClN3O4S. The first-order valence-electron chi connectivity index (χ1n) is 12.9. The third-order valence-corrected chi connectivity index (χ3v) is 8.35. The molecule has 0 bridgehead atoms. The van der Waals surface area contributed by atoms with E-state index in [1.54, 1.807) is 25.1 Å². The summed E-state index contributed by atoms with van der Waals surface area (Å²) < 4.78 is 28.7. The van der Waals surface area contributed by atoms with Crippen molar-refractivity contribution in [2.24, 2.45) is 5.92 Å². The molecular weight excluding hydrogens is 534 g/mol. The van der Waals surface area contributed by atoms with E-state index in [0.717, 1.165) is 15.4 Å². The van der Waals surface area contributed by atoms with Crippen molar-refractivity contribution in [1.82, 2.24) is 10.2 Å². The van der Waals surface area contributed by atoms with Gasteiger partial charge in [0.05, 0.1) is 10.6 Å². The monoisotopic (exact) mass is 569 g/mol. The van der Waals surface area contributed by atoms with Gasteiger partial charge in [0.15, 0.2) is 0 Å². The Labute approximate surface area is 236 Å². The van der Waals surface area contributed by atoms with Crippen molar-refractivity contribution in [1.29, 1.82) is 0 Å². The number of amides is 2. The number of sulfonamides is 1. The van der Waals surface area contributed by atoms with Crippen molar-refractivity contribution in [2.45, 2.75) is 45.1 Å². The summed E-state index contributed by atoms with van der Waals surface area (Å²) in [7, 11) is -4.12. The molecule has 208 valence electrons. The molecule has 0 fully saturated rings. The van der Waals surface area contributed by atoms with Crippen LogP contribution in [0.25, 0.3) is 0 Å². The Bertz CT molecular complexity index is 1360. The Kier molecular flexibility index (Phi) is 10.5. The normalized spacial score (nSPS) is 12.2. The predicted molar refractivity (Wildman–Crippen MR) is 156 cm³/mol. The number of rotatable bonds is 12. The Balaban J connectivity index is 1.96. The number of benzene rings is 3. The van der Waals surface area contributed by atoms with E-state index >= 15 is 0 Å². The van der Waals surface area contributed by atoms with Gasteiger partial charge in [-0.1, -0.05) is 67.9 Å². The van der Waals surface area contributed by atoms with Crippen LogP contribution in [0, 0.1) is 12.8 Å².